The number of nitrogens with zero attached hydrogens (tertiary/aromatic N) is 3. The summed E-state index contributed by atoms with van der Waals surface area (Å²) in [5, 5.41) is 16.9. The van der Waals surface area contributed by atoms with E-state index in [2.05, 4.69) is 183 Å². The summed E-state index contributed by atoms with van der Waals surface area (Å²) in [5.41, 5.74) is 19.2. The molecule has 4 aliphatic rings. The third-order valence-corrected chi connectivity index (χ3v) is 20.2. The fourth-order valence-corrected chi connectivity index (χ4v) is 19.1. The molecule has 3 nitrogen and oxygen atoms in total. The first kappa shape index (κ1) is 29.0. The van der Waals surface area contributed by atoms with Gasteiger partial charge < -0.3 is 13.5 Å². The van der Waals surface area contributed by atoms with Crippen LogP contribution in [0.3, 0.4) is 0 Å². The second kappa shape index (κ2) is 9.18. The molecule has 0 aliphatic carbocycles. The van der Waals surface area contributed by atoms with Gasteiger partial charge in [-0.3, -0.25) is 0 Å². The van der Waals surface area contributed by atoms with Crippen molar-refractivity contribution < 1.29 is 0 Å². The van der Waals surface area contributed by atoms with E-state index in [0.717, 1.165) is 0 Å². The Morgan fingerprint density at radius 2 is 1.00 bits per heavy atom. The van der Waals surface area contributed by atoms with Crippen LogP contribution in [0.5, 0.6) is 0 Å². The van der Waals surface area contributed by atoms with Crippen molar-refractivity contribution in [2.75, 3.05) is 0 Å². The summed E-state index contributed by atoms with van der Waals surface area (Å²) in [6.45, 7) is 0.0607. The molecule has 0 N–H and O–H groups in total. The first-order valence-corrected chi connectivity index (χ1v) is 22.9. The second-order valence-corrected chi connectivity index (χ2v) is 21.1. The molecule has 0 unspecified atom stereocenters. The molecular weight excluding hydrogens is 730 g/mol. The minimum atomic E-state index is -2.78. The van der Waals surface area contributed by atoms with Crippen molar-refractivity contribution in [1.82, 2.24) is 13.5 Å². The third-order valence-electron chi connectivity index (χ3n) is 15.3. The van der Waals surface area contributed by atoms with Crippen LogP contribution in [0.25, 0.3) is 104 Å². The van der Waals surface area contributed by atoms with Gasteiger partial charge in [0.2, 0.25) is 0 Å². The van der Waals surface area contributed by atoms with Crippen LogP contribution < -0.4 is 37.1 Å². The minimum absolute atomic E-state index is 0.0607. The van der Waals surface area contributed by atoms with Crippen molar-refractivity contribution in [3.63, 3.8) is 0 Å². The van der Waals surface area contributed by atoms with Gasteiger partial charge in [-0.25, -0.2) is 0 Å². The number of fused-ring (bicyclic) bond motifs is 21. The van der Waals surface area contributed by atoms with Gasteiger partial charge in [0, 0.05) is 60.0 Å². The van der Waals surface area contributed by atoms with E-state index in [1.165, 1.54) is 141 Å². The van der Waals surface area contributed by atoms with Crippen LogP contribution in [0, 0.1) is 0 Å². The third kappa shape index (κ3) is 2.78. The maximum atomic E-state index is 2.74. The molecule has 13 aromatic rings. The molecule has 266 valence electrons. The van der Waals surface area contributed by atoms with Crippen molar-refractivity contribution in [2.24, 2.45) is 0 Å². The van der Waals surface area contributed by atoms with Crippen LogP contribution in [-0.2, 0) is 0 Å². The zero-order valence-corrected chi connectivity index (χ0v) is 32.6. The Kier molecular flexibility index (Phi) is 4.51. The molecule has 0 saturated carbocycles. The van der Waals surface area contributed by atoms with E-state index in [4.69, 9.17) is 0 Å². The van der Waals surface area contributed by atoms with Crippen molar-refractivity contribution in [2.45, 2.75) is 0 Å². The highest BCUT2D eigenvalue weighted by Crippen LogP contribution is 2.47. The summed E-state index contributed by atoms with van der Waals surface area (Å²) < 4.78 is 7.99. The summed E-state index contributed by atoms with van der Waals surface area (Å²) in [5.74, 6) is 0. The fourth-order valence-electron chi connectivity index (χ4n) is 13.5. The summed E-state index contributed by atoms with van der Waals surface area (Å²) in [6, 6.07) is 66.0. The lowest BCUT2D eigenvalue weighted by atomic mass is 9.34. The van der Waals surface area contributed by atoms with Gasteiger partial charge in [0.05, 0.1) is 33.1 Å². The molecular formula is C54H28BN3Si. The largest absolute Gasteiger partial charge is 0.310 e. The number of aromatic nitrogens is 3. The van der Waals surface area contributed by atoms with Gasteiger partial charge in [0.25, 0.3) is 6.71 Å². The molecule has 9 aromatic carbocycles. The molecule has 59 heavy (non-hydrogen) atoms. The Morgan fingerprint density at radius 3 is 1.83 bits per heavy atom. The topological polar surface area (TPSA) is 14.3 Å². The number of hydrogen-bond donors (Lipinski definition) is 0. The highest BCUT2D eigenvalue weighted by atomic mass is 28.3. The molecule has 8 heterocycles. The molecule has 0 fully saturated rings. The summed E-state index contributed by atoms with van der Waals surface area (Å²) in [6.07, 6.45) is 0. The van der Waals surface area contributed by atoms with Crippen molar-refractivity contribution >= 4 is 134 Å². The first-order valence-electron chi connectivity index (χ1n) is 20.9. The molecule has 0 bridgehead atoms. The predicted octanol–water partition coefficient (Wildman–Crippen LogP) is 7.85. The van der Waals surface area contributed by atoms with Gasteiger partial charge in [-0.2, -0.15) is 0 Å². The molecule has 0 radical (unpaired) electrons. The highest BCUT2D eigenvalue weighted by Gasteiger charge is 2.55. The maximum Gasteiger partial charge on any atom is 0.252 e. The van der Waals surface area contributed by atoms with Crippen LogP contribution >= 0.6 is 0 Å². The smallest absolute Gasteiger partial charge is 0.252 e. The molecule has 4 aromatic heterocycles. The molecule has 17 rings (SSSR count). The Labute approximate surface area is 338 Å². The number of benzene rings is 9. The first-order chi connectivity index (χ1) is 29.3. The van der Waals surface area contributed by atoms with Gasteiger partial charge in [0.1, 0.15) is 0 Å². The van der Waals surface area contributed by atoms with Crippen LogP contribution in [0.2, 0.25) is 0 Å². The van der Waals surface area contributed by atoms with Crippen molar-refractivity contribution in [3.05, 3.63) is 170 Å². The SMILES string of the molecule is c1ccc2c(c1)-c1ccccc1[Si]21c2ccc3c4c2-n2c5c(cccc5c5cccc1c52)B4c1cc2c(c4cccc5c6ccccc6n2c54)c2c4ccccc4n-3c12. The Morgan fingerprint density at radius 1 is 0.373 bits per heavy atom. The number of para-hydroxylation sites is 5. The summed E-state index contributed by atoms with van der Waals surface area (Å²) >= 11 is 0. The van der Waals surface area contributed by atoms with Crippen LogP contribution in [-0.4, -0.2) is 28.3 Å². The number of rotatable bonds is 0. The molecule has 4 aliphatic heterocycles. The van der Waals surface area contributed by atoms with Crippen LogP contribution in [0.1, 0.15) is 0 Å². The average Bonchev–Trinajstić information content (AvgIpc) is 4.08. The zero-order valence-electron chi connectivity index (χ0n) is 31.6. The standard InChI is InChI=1S/C54H28BN3Si/c1-5-21-39-29(12-1)32-16-9-19-36-47-42(57(39)50(32)36)28-38-53-48(47)35-15-2-6-22-40(35)56(53)41-26-27-46-54-49(41)55(38)37-20-10-17-33-34-18-11-25-45(52(34)58(54)51(33)37)59(46)43-23-7-3-13-30(43)31-14-4-8-24-44(31)59/h1-28H. The molecule has 1 spiro atoms. The van der Waals surface area contributed by atoms with E-state index >= 15 is 0 Å². The Hall–Kier alpha value is -7.34. The molecule has 5 heteroatoms. The Balaban J connectivity index is 1.15. The van der Waals surface area contributed by atoms with E-state index in [9.17, 15) is 0 Å². The normalized spacial score (nSPS) is 14.9. The summed E-state index contributed by atoms with van der Waals surface area (Å²) in [4.78, 5) is 0. The van der Waals surface area contributed by atoms with Crippen LogP contribution in [0.15, 0.2) is 170 Å². The van der Waals surface area contributed by atoms with Gasteiger partial charge in [0.15, 0.2) is 8.07 Å². The highest BCUT2D eigenvalue weighted by molar-refractivity contribution is 7.24. The second-order valence-electron chi connectivity index (χ2n) is 17.4. The van der Waals surface area contributed by atoms with Gasteiger partial charge in [-0.1, -0.05) is 146 Å². The van der Waals surface area contributed by atoms with E-state index < -0.39 is 8.07 Å². The lowest BCUT2D eigenvalue weighted by Crippen LogP contribution is -2.76. The molecule has 0 atom stereocenters. The predicted molar refractivity (Wildman–Crippen MR) is 251 cm³/mol. The monoisotopic (exact) mass is 757 g/mol. The van der Waals surface area contributed by atoms with Crippen molar-refractivity contribution in [3.8, 4) is 22.5 Å². The summed E-state index contributed by atoms with van der Waals surface area (Å²) in [7, 11) is -2.78. The van der Waals surface area contributed by atoms with Gasteiger partial charge in [-0.15, -0.1) is 0 Å². The number of hydrogen-bond acceptors (Lipinski definition) is 0. The van der Waals surface area contributed by atoms with Gasteiger partial charge in [-0.05, 0) is 72.5 Å². The molecule has 0 saturated heterocycles. The lowest BCUT2D eigenvalue weighted by Gasteiger charge is -2.42. The Bertz CT molecular complexity index is 4170. The molecule has 0 amide bonds. The average molecular weight is 758 g/mol. The zero-order chi connectivity index (χ0) is 37.6. The quantitative estimate of drug-likeness (QED) is 0.140. The maximum absolute atomic E-state index is 2.78. The lowest BCUT2D eigenvalue weighted by molar-refractivity contribution is 1.15. The van der Waals surface area contributed by atoms with E-state index in [1.807, 2.05) is 0 Å². The van der Waals surface area contributed by atoms with E-state index in [-0.39, 0.29) is 6.71 Å². The van der Waals surface area contributed by atoms with Gasteiger partial charge >= 0.3 is 0 Å². The van der Waals surface area contributed by atoms with Crippen molar-refractivity contribution in [1.29, 1.82) is 0 Å². The fraction of sp³-hybridized carbons (Fsp3) is 0. The van der Waals surface area contributed by atoms with Crippen LogP contribution in [0.4, 0.5) is 0 Å². The minimum Gasteiger partial charge on any atom is -0.310 e. The van der Waals surface area contributed by atoms with E-state index in [0.29, 0.717) is 0 Å². The van der Waals surface area contributed by atoms with E-state index in [1.54, 1.807) is 0 Å².